The Hall–Kier alpha value is -3.67. The molecule has 0 amide bonds. The molecule has 0 saturated heterocycles. The molecule has 10 heteroatoms. The lowest BCUT2D eigenvalue weighted by molar-refractivity contribution is 0.267. The van der Waals surface area contributed by atoms with E-state index in [1.54, 1.807) is 48.7 Å². The van der Waals surface area contributed by atoms with Gasteiger partial charge in [-0.05, 0) is 101 Å². The van der Waals surface area contributed by atoms with Gasteiger partial charge in [0.15, 0.2) is 17.3 Å². The molecule has 0 spiro atoms. The molecule has 7 nitrogen and oxygen atoms in total. The number of halogens is 3. The van der Waals surface area contributed by atoms with Crippen LogP contribution in [0.15, 0.2) is 104 Å². The Kier molecular flexibility index (Phi) is 8.32. The lowest BCUT2D eigenvalue weighted by atomic mass is 10.2. The summed E-state index contributed by atoms with van der Waals surface area (Å²) in [4.78, 5) is 18.4. The van der Waals surface area contributed by atoms with E-state index in [1.807, 2.05) is 49.4 Å². The number of aromatic nitrogens is 2. The van der Waals surface area contributed by atoms with Crippen molar-refractivity contribution in [1.29, 1.82) is 0 Å². The van der Waals surface area contributed by atoms with Crippen LogP contribution in [0, 0.1) is 3.57 Å². The zero-order valence-corrected chi connectivity index (χ0v) is 26.7. The minimum atomic E-state index is -0.320. The molecule has 0 aliphatic rings. The molecule has 0 radical (unpaired) electrons. The average Bonchev–Trinajstić information content (AvgIpc) is 3.40. The summed E-state index contributed by atoms with van der Waals surface area (Å²) in [5.74, 6) is 1.90. The summed E-state index contributed by atoms with van der Waals surface area (Å²) in [5, 5.41) is 6.41. The fourth-order valence-corrected chi connectivity index (χ4v) is 5.67. The first-order valence-electron chi connectivity index (χ1n) is 13.0. The molecule has 0 saturated carbocycles. The van der Waals surface area contributed by atoms with Crippen molar-refractivity contribution in [3.05, 3.63) is 119 Å². The number of furan rings is 1. The molecule has 6 aromatic rings. The number of benzene rings is 4. The van der Waals surface area contributed by atoms with Gasteiger partial charge < -0.3 is 13.9 Å². The van der Waals surface area contributed by atoms with Crippen LogP contribution in [-0.4, -0.2) is 22.5 Å². The van der Waals surface area contributed by atoms with Crippen molar-refractivity contribution in [3.8, 4) is 23.1 Å². The monoisotopic (exact) mass is 753 g/mol. The molecule has 4 aromatic carbocycles. The van der Waals surface area contributed by atoms with Crippen LogP contribution in [0.5, 0.6) is 11.5 Å². The third-order valence-corrected chi connectivity index (χ3v) is 7.97. The van der Waals surface area contributed by atoms with E-state index >= 15 is 0 Å². The lowest BCUT2D eigenvalue weighted by Gasteiger charge is -2.15. The summed E-state index contributed by atoms with van der Waals surface area (Å²) >= 11 is 11.9. The van der Waals surface area contributed by atoms with Gasteiger partial charge in [-0.15, -0.1) is 0 Å². The van der Waals surface area contributed by atoms with Gasteiger partial charge in [-0.1, -0.05) is 51.8 Å². The van der Waals surface area contributed by atoms with Crippen molar-refractivity contribution in [1.82, 2.24) is 9.66 Å². The number of para-hydroxylation sites is 1. The molecule has 0 atom stereocenters. The highest BCUT2D eigenvalue weighted by atomic mass is 127. The third kappa shape index (κ3) is 5.95. The van der Waals surface area contributed by atoms with Gasteiger partial charge in [-0.25, -0.2) is 4.98 Å². The molecule has 0 aliphatic carbocycles. The van der Waals surface area contributed by atoms with Gasteiger partial charge in [0.1, 0.15) is 12.2 Å². The molecule has 2 aromatic heterocycles. The molecular formula is C32H22BrClIN3O4. The highest BCUT2D eigenvalue weighted by molar-refractivity contribution is 14.1. The Bertz CT molecular complexity index is 2020. The molecular weight excluding hydrogens is 733 g/mol. The minimum absolute atomic E-state index is 0.274. The minimum Gasteiger partial charge on any atom is -0.490 e. The maximum Gasteiger partial charge on any atom is 0.282 e. The number of ether oxygens (including phenoxy) is 2. The molecule has 0 aliphatic heterocycles. The number of nitrogens with zero attached hydrogens (tertiary/aromatic N) is 3. The second kappa shape index (κ2) is 12.3. The molecule has 0 fully saturated rings. The summed E-state index contributed by atoms with van der Waals surface area (Å²) in [6.07, 6.45) is 1.60. The number of fused-ring (bicyclic) bond motifs is 2. The second-order valence-electron chi connectivity index (χ2n) is 9.29. The average molecular weight is 755 g/mol. The fourth-order valence-electron chi connectivity index (χ4n) is 4.44. The van der Waals surface area contributed by atoms with Gasteiger partial charge in [0, 0.05) is 14.9 Å². The van der Waals surface area contributed by atoms with Gasteiger partial charge in [-0.3, -0.25) is 4.79 Å². The Morgan fingerprint density at radius 2 is 1.86 bits per heavy atom. The predicted octanol–water partition coefficient (Wildman–Crippen LogP) is 8.69. The van der Waals surface area contributed by atoms with E-state index in [2.05, 4.69) is 43.6 Å². The topological polar surface area (TPSA) is 78.9 Å². The van der Waals surface area contributed by atoms with Crippen LogP contribution in [0.25, 0.3) is 33.5 Å². The zero-order chi connectivity index (χ0) is 29.2. The summed E-state index contributed by atoms with van der Waals surface area (Å²) < 4.78 is 21.3. The largest absolute Gasteiger partial charge is 0.490 e. The van der Waals surface area contributed by atoms with E-state index < -0.39 is 0 Å². The van der Waals surface area contributed by atoms with Crippen molar-refractivity contribution in [2.75, 3.05) is 6.61 Å². The number of hydrogen-bond acceptors (Lipinski definition) is 6. The van der Waals surface area contributed by atoms with Gasteiger partial charge in [-0.2, -0.15) is 9.78 Å². The summed E-state index contributed by atoms with van der Waals surface area (Å²) in [7, 11) is 0. The standard InChI is InChI=1S/C32H22BrClIN3O4/c1-2-40-28-14-20(13-25(35)30(28)41-18-19-7-9-22(33)10-8-19)17-36-38-31(37-26-6-4-3-5-24(26)32(38)39)29-16-21-15-23(34)11-12-27(21)42-29/h3-17H,2,18H2,1H3. The van der Waals surface area contributed by atoms with E-state index in [-0.39, 0.29) is 11.4 Å². The van der Waals surface area contributed by atoms with E-state index in [1.165, 1.54) is 4.68 Å². The van der Waals surface area contributed by atoms with E-state index in [0.29, 0.717) is 52.0 Å². The van der Waals surface area contributed by atoms with Crippen LogP contribution < -0.4 is 15.0 Å². The SMILES string of the molecule is CCOc1cc(C=Nn2c(-c3cc4cc(Cl)ccc4o3)nc3ccccc3c2=O)cc(I)c1OCc1ccc(Br)cc1. The molecule has 42 heavy (non-hydrogen) atoms. The highest BCUT2D eigenvalue weighted by Crippen LogP contribution is 2.35. The van der Waals surface area contributed by atoms with Gasteiger partial charge >= 0.3 is 0 Å². The van der Waals surface area contributed by atoms with Crippen LogP contribution in [0.3, 0.4) is 0 Å². The predicted molar refractivity (Wildman–Crippen MR) is 178 cm³/mol. The normalized spacial score (nSPS) is 11.5. The molecule has 0 bridgehead atoms. The van der Waals surface area contributed by atoms with Crippen molar-refractivity contribution in [2.24, 2.45) is 5.10 Å². The van der Waals surface area contributed by atoms with E-state index in [4.69, 9.17) is 30.5 Å². The zero-order valence-electron chi connectivity index (χ0n) is 22.2. The maximum absolute atomic E-state index is 13.6. The van der Waals surface area contributed by atoms with Crippen molar-refractivity contribution >= 4 is 78.2 Å². The van der Waals surface area contributed by atoms with Crippen molar-refractivity contribution in [3.63, 3.8) is 0 Å². The first-order valence-corrected chi connectivity index (χ1v) is 15.2. The summed E-state index contributed by atoms with van der Waals surface area (Å²) in [6.45, 7) is 2.76. The first-order chi connectivity index (χ1) is 20.4. The summed E-state index contributed by atoms with van der Waals surface area (Å²) in [6, 6.07) is 26.0. The maximum atomic E-state index is 13.6. The van der Waals surface area contributed by atoms with Crippen LogP contribution in [0.1, 0.15) is 18.1 Å². The lowest BCUT2D eigenvalue weighted by Crippen LogP contribution is -2.20. The molecule has 0 unspecified atom stereocenters. The quantitative estimate of drug-likeness (QED) is 0.115. The van der Waals surface area contributed by atoms with E-state index in [0.717, 1.165) is 24.6 Å². The van der Waals surface area contributed by atoms with E-state index in [9.17, 15) is 4.79 Å². The van der Waals surface area contributed by atoms with Gasteiger partial charge in [0.25, 0.3) is 5.56 Å². The smallest absolute Gasteiger partial charge is 0.282 e. The first kappa shape index (κ1) is 28.4. The summed E-state index contributed by atoms with van der Waals surface area (Å²) in [5.41, 5.74) is 2.61. The van der Waals surface area contributed by atoms with Crippen LogP contribution in [-0.2, 0) is 6.61 Å². The highest BCUT2D eigenvalue weighted by Gasteiger charge is 2.17. The second-order valence-corrected chi connectivity index (χ2v) is 11.8. The Balaban J connectivity index is 1.40. The van der Waals surface area contributed by atoms with Gasteiger partial charge in [0.05, 0.1) is 27.3 Å². The Morgan fingerprint density at radius 3 is 2.67 bits per heavy atom. The van der Waals surface area contributed by atoms with Crippen molar-refractivity contribution in [2.45, 2.75) is 13.5 Å². The number of hydrogen-bond donors (Lipinski definition) is 0. The van der Waals surface area contributed by atoms with Crippen LogP contribution in [0.4, 0.5) is 0 Å². The molecule has 2 heterocycles. The Labute approximate surface area is 268 Å². The Morgan fingerprint density at radius 1 is 1.05 bits per heavy atom. The van der Waals surface area contributed by atoms with Crippen LogP contribution in [0.2, 0.25) is 5.02 Å². The van der Waals surface area contributed by atoms with Crippen molar-refractivity contribution < 1.29 is 13.9 Å². The molecule has 210 valence electrons. The fraction of sp³-hybridized carbons (Fsp3) is 0.0938. The van der Waals surface area contributed by atoms with Gasteiger partial charge in [0.2, 0.25) is 5.82 Å². The number of rotatable bonds is 8. The molecule has 0 N–H and O–H groups in total. The third-order valence-electron chi connectivity index (χ3n) is 6.40. The molecule has 6 rings (SSSR count). The van der Waals surface area contributed by atoms with Crippen LogP contribution >= 0.6 is 50.1 Å².